The van der Waals surface area contributed by atoms with E-state index < -0.39 is 5.97 Å². The SMILES string of the molecule is Cc1cnc(NC(=O)NC(CC(=O)O)C2CC2)s1. The zero-order chi connectivity index (χ0) is 13.1. The van der Waals surface area contributed by atoms with E-state index in [4.69, 9.17) is 5.11 Å². The topological polar surface area (TPSA) is 91.3 Å². The first-order valence-corrected chi connectivity index (χ1v) is 6.58. The molecule has 0 spiro atoms. The molecule has 1 atom stereocenters. The van der Waals surface area contributed by atoms with E-state index in [0.717, 1.165) is 17.7 Å². The van der Waals surface area contributed by atoms with E-state index in [-0.39, 0.29) is 18.5 Å². The number of carbonyl (C=O) groups excluding carboxylic acids is 1. The van der Waals surface area contributed by atoms with E-state index in [0.29, 0.717) is 11.0 Å². The molecule has 1 aliphatic carbocycles. The van der Waals surface area contributed by atoms with Crippen LogP contribution in [-0.4, -0.2) is 28.1 Å². The number of aromatic nitrogens is 1. The molecule has 1 aromatic heterocycles. The molecule has 1 aliphatic rings. The monoisotopic (exact) mass is 269 g/mol. The smallest absolute Gasteiger partial charge is 0.321 e. The standard InChI is InChI=1S/C11H15N3O3S/c1-6-5-12-11(18-6)14-10(17)13-8(4-9(15)16)7-2-3-7/h5,7-8H,2-4H2,1H3,(H,15,16)(H2,12,13,14,17). The molecule has 0 bridgehead atoms. The first-order valence-electron chi connectivity index (χ1n) is 5.76. The third kappa shape index (κ3) is 3.69. The van der Waals surface area contributed by atoms with Crippen molar-refractivity contribution in [1.82, 2.24) is 10.3 Å². The lowest BCUT2D eigenvalue weighted by Crippen LogP contribution is -2.40. The number of carboxylic acids is 1. The van der Waals surface area contributed by atoms with Gasteiger partial charge < -0.3 is 10.4 Å². The van der Waals surface area contributed by atoms with Gasteiger partial charge >= 0.3 is 12.0 Å². The van der Waals surface area contributed by atoms with Gasteiger partial charge in [0.15, 0.2) is 5.13 Å². The second-order valence-electron chi connectivity index (χ2n) is 4.42. The highest BCUT2D eigenvalue weighted by Gasteiger charge is 2.33. The van der Waals surface area contributed by atoms with Crippen LogP contribution in [-0.2, 0) is 4.79 Å². The summed E-state index contributed by atoms with van der Waals surface area (Å²) in [5.74, 6) is -0.595. The number of carbonyl (C=O) groups is 2. The van der Waals surface area contributed by atoms with Crippen LogP contribution in [0.25, 0.3) is 0 Å². The van der Waals surface area contributed by atoms with Crippen molar-refractivity contribution in [2.75, 3.05) is 5.32 Å². The number of carboxylic acid groups (broad SMARTS) is 1. The molecule has 0 radical (unpaired) electrons. The van der Waals surface area contributed by atoms with Gasteiger partial charge in [0.2, 0.25) is 0 Å². The van der Waals surface area contributed by atoms with E-state index in [1.165, 1.54) is 11.3 Å². The Hall–Kier alpha value is -1.63. The van der Waals surface area contributed by atoms with Gasteiger partial charge in [-0.3, -0.25) is 10.1 Å². The molecule has 6 nitrogen and oxygen atoms in total. The number of thiazole rings is 1. The summed E-state index contributed by atoms with van der Waals surface area (Å²) in [5.41, 5.74) is 0. The number of hydrogen-bond acceptors (Lipinski definition) is 4. The second kappa shape index (κ2) is 5.34. The molecule has 0 aliphatic heterocycles. The summed E-state index contributed by atoms with van der Waals surface area (Å²) >= 11 is 1.38. The van der Waals surface area contributed by atoms with Gasteiger partial charge in [-0.25, -0.2) is 9.78 Å². The summed E-state index contributed by atoms with van der Waals surface area (Å²) in [7, 11) is 0. The maximum atomic E-state index is 11.7. The minimum absolute atomic E-state index is 0.0328. The highest BCUT2D eigenvalue weighted by Crippen LogP contribution is 2.34. The molecule has 0 aromatic carbocycles. The van der Waals surface area contributed by atoms with Crippen molar-refractivity contribution in [3.8, 4) is 0 Å². The molecule has 18 heavy (non-hydrogen) atoms. The minimum Gasteiger partial charge on any atom is -0.481 e. The molecule has 0 saturated heterocycles. The van der Waals surface area contributed by atoms with Crippen molar-refractivity contribution in [3.63, 3.8) is 0 Å². The lowest BCUT2D eigenvalue weighted by atomic mass is 10.1. The molecular formula is C11H15N3O3S. The van der Waals surface area contributed by atoms with Crippen molar-refractivity contribution in [2.24, 2.45) is 5.92 Å². The third-order valence-electron chi connectivity index (χ3n) is 2.74. The van der Waals surface area contributed by atoms with E-state index in [9.17, 15) is 9.59 Å². The third-order valence-corrected chi connectivity index (χ3v) is 3.57. The molecule has 3 N–H and O–H groups in total. The lowest BCUT2D eigenvalue weighted by molar-refractivity contribution is -0.137. The number of amides is 2. The summed E-state index contributed by atoms with van der Waals surface area (Å²) < 4.78 is 0. The van der Waals surface area contributed by atoms with Gasteiger partial charge in [0.25, 0.3) is 0 Å². The van der Waals surface area contributed by atoms with Crippen molar-refractivity contribution < 1.29 is 14.7 Å². The van der Waals surface area contributed by atoms with E-state index in [2.05, 4.69) is 15.6 Å². The average molecular weight is 269 g/mol. The van der Waals surface area contributed by atoms with E-state index in [1.54, 1.807) is 6.20 Å². The van der Waals surface area contributed by atoms with Crippen molar-refractivity contribution in [2.45, 2.75) is 32.2 Å². The number of hydrogen-bond donors (Lipinski definition) is 3. The van der Waals surface area contributed by atoms with Crippen LogP contribution in [0.15, 0.2) is 6.20 Å². The van der Waals surface area contributed by atoms with Crippen LogP contribution in [0.3, 0.4) is 0 Å². The van der Waals surface area contributed by atoms with Gasteiger partial charge in [-0.05, 0) is 25.7 Å². The number of aliphatic carboxylic acids is 1. The first kappa shape index (κ1) is 12.8. The number of nitrogens with one attached hydrogen (secondary N) is 2. The molecule has 1 heterocycles. The Morgan fingerprint density at radius 2 is 2.33 bits per heavy atom. The predicted octanol–water partition coefficient (Wildman–Crippen LogP) is 1.83. The maximum Gasteiger partial charge on any atom is 0.321 e. The number of anilines is 1. The van der Waals surface area contributed by atoms with Crippen LogP contribution >= 0.6 is 11.3 Å². The fourth-order valence-corrected chi connectivity index (χ4v) is 2.40. The number of aryl methyl sites for hydroxylation is 1. The molecule has 1 unspecified atom stereocenters. The fraction of sp³-hybridized carbons (Fsp3) is 0.545. The number of nitrogens with zero attached hydrogens (tertiary/aromatic N) is 1. The van der Waals surface area contributed by atoms with E-state index in [1.807, 2.05) is 6.92 Å². The summed E-state index contributed by atoms with van der Waals surface area (Å²) in [4.78, 5) is 27.4. The summed E-state index contributed by atoms with van der Waals surface area (Å²) in [6, 6.07) is -0.675. The fourth-order valence-electron chi connectivity index (χ4n) is 1.74. The molecule has 7 heteroatoms. The highest BCUT2D eigenvalue weighted by molar-refractivity contribution is 7.15. The Balaban J connectivity index is 1.86. The van der Waals surface area contributed by atoms with Crippen molar-refractivity contribution in [1.29, 1.82) is 0 Å². The normalized spacial score (nSPS) is 16.1. The Bertz CT molecular complexity index is 456. The molecule has 2 rings (SSSR count). The van der Waals surface area contributed by atoms with Gasteiger partial charge in [0.05, 0.1) is 6.42 Å². The average Bonchev–Trinajstić information content (AvgIpc) is 3.02. The zero-order valence-electron chi connectivity index (χ0n) is 9.97. The van der Waals surface area contributed by atoms with Crippen molar-refractivity contribution in [3.05, 3.63) is 11.1 Å². The van der Waals surface area contributed by atoms with E-state index >= 15 is 0 Å². The molecule has 1 fully saturated rings. The van der Waals surface area contributed by atoms with Crippen molar-refractivity contribution >= 4 is 28.5 Å². The van der Waals surface area contributed by atoms with Crippen LogP contribution in [0, 0.1) is 12.8 Å². The molecule has 2 amide bonds. The molecule has 1 saturated carbocycles. The van der Waals surface area contributed by atoms with Crippen LogP contribution < -0.4 is 10.6 Å². The molecular weight excluding hydrogens is 254 g/mol. The number of rotatable bonds is 5. The second-order valence-corrected chi connectivity index (χ2v) is 5.65. The van der Waals surface area contributed by atoms with Gasteiger partial charge in [-0.15, -0.1) is 11.3 Å². The number of urea groups is 1. The largest absolute Gasteiger partial charge is 0.481 e. The summed E-state index contributed by atoms with van der Waals surface area (Å²) in [6.07, 6.45) is 3.61. The zero-order valence-corrected chi connectivity index (χ0v) is 10.8. The van der Waals surface area contributed by atoms with Gasteiger partial charge in [0.1, 0.15) is 0 Å². The molecule has 1 aromatic rings. The van der Waals surface area contributed by atoms with Gasteiger partial charge in [0, 0.05) is 17.1 Å². The Morgan fingerprint density at radius 3 is 2.83 bits per heavy atom. The first-order chi connectivity index (χ1) is 8.54. The highest BCUT2D eigenvalue weighted by atomic mass is 32.1. The Labute approximate surface area is 108 Å². The Kier molecular flexibility index (Phi) is 3.81. The predicted molar refractivity (Wildman–Crippen MR) is 67.8 cm³/mol. The quantitative estimate of drug-likeness (QED) is 0.760. The maximum absolute atomic E-state index is 11.7. The van der Waals surface area contributed by atoms with Gasteiger partial charge in [-0.1, -0.05) is 0 Å². The van der Waals surface area contributed by atoms with Crippen LogP contribution in [0.4, 0.5) is 9.93 Å². The minimum atomic E-state index is -0.891. The van der Waals surface area contributed by atoms with Gasteiger partial charge in [-0.2, -0.15) is 0 Å². The molecule has 98 valence electrons. The van der Waals surface area contributed by atoms with Crippen LogP contribution in [0.2, 0.25) is 0 Å². The Morgan fingerprint density at radius 1 is 1.61 bits per heavy atom. The van der Waals surface area contributed by atoms with Crippen LogP contribution in [0.5, 0.6) is 0 Å². The lowest BCUT2D eigenvalue weighted by Gasteiger charge is -2.15. The van der Waals surface area contributed by atoms with Crippen LogP contribution in [0.1, 0.15) is 24.1 Å². The summed E-state index contributed by atoms with van der Waals surface area (Å²) in [6.45, 7) is 1.90. The summed E-state index contributed by atoms with van der Waals surface area (Å²) in [5, 5.41) is 14.6.